The Kier molecular flexibility index (Phi) is 4.07. The number of thiazole rings is 1. The number of hydrogen-bond donors (Lipinski definition) is 1. The van der Waals surface area contributed by atoms with Crippen LogP contribution in [0.5, 0.6) is 0 Å². The fraction of sp³-hybridized carbons (Fsp3) is 0.438. The molecule has 1 aromatic heterocycles. The first kappa shape index (κ1) is 14.2. The van der Waals surface area contributed by atoms with Gasteiger partial charge in [-0.1, -0.05) is 45.0 Å². The van der Waals surface area contributed by atoms with Crippen molar-refractivity contribution in [2.45, 2.75) is 39.2 Å². The first-order valence-corrected chi connectivity index (χ1v) is 7.49. The molecule has 0 aliphatic carbocycles. The minimum absolute atomic E-state index is 0.180. The Morgan fingerprint density at radius 1 is 1.16 bits per heavy atom. The fourth-order valence-electron chi connectivity index (χ4n) is 2.17. The molecule has 1 aromatic carbocycles. The minimum Gasteiger partial charge on any atom is -0.308 e. The molecular formula is C16H22N2S. The number of aryl methyl sites for hydroxylation is 1. The van der Waals surface area contributed by atoms with E-state index in [0.29, 0.717) is 0 Å². The molecule has 1 atom stereocenters. The van der Waals surface area contributed by atoms with Gasteiger partial charge in [0.25, 0.3) is 0 Å². The average molecular weight is 274 g/mol. The highest BCUT2D eigenvalue weighted by molar-refractivity contribution is 7.09. The van der Waals surface area contributed by atoms with Crippen molar-refractivity contribution in [3.8, 4) is 0 Å². The van der Waals surface area contributed by atoms with E-state index < -0.39 is 0 Å². The molecule has 1 unspecified atom stereocenters. The van der Waals surface area contributed by atoms with Crippen molar-refractivity contribution >= 4 is 11.3 Å². The molecule has 3 heteroatoms. The summed E-state index contributed by atoms with van der Waals surface area (Å²) in [6.45, 7) is 8.76. The second-order valence-corrected chi connectivity index (χ2v) is 6.95. The normalized spacial score (nSPS) is 13.5. The minimum atomic E-state index is 0.180. The molecule has 0 aliphatic rings. The van der Waals surface area contributed by atoms with Gasteiger partial charge in [-0.25, -0.2) is 4.98 Å². The summed E-state index contributed by atoms with van der Waals surface area (Å²) >= 11 is 1.70. The maximum absolute atomic E-state index is 4.59. The number of benzene rings is 1. The Balaban J connectivity index is 2.30. The van der Waals surface area contributed by atoms with Crippen LogP contribution in [0.2, 0.25) is 0 Å². The van der Waals surface area contributed by atoms with Crippen molar-refractivity contribution in [3.05, 3.63) is 51.5 Å². The molecular weight excluding hydrogens is 252 g/mol. The van der Waals surface area contributed by atoms with Crippen LogP contribution in [0.15, 0.2) is 29.6 Å². The summed E-state index contributed by atoms with van der Waals surface area (Å²) in [5.74, 6) is 0. The highest BCUT2D eigenvalue weighted by Crippen LogP contribution is 2.27. The van der Waals surface area contributed by atoms with Gasteiger partial charge in [-0.15, -0.1) is 11.3 Å². The molecule has 0 radical (unpaired) electrons. The number of nitrogens with zero attached hydrogens (tertiary/aromatic N) is 1. The molecule has 0 saturated heterocycles. The van der Waals surface area contributed by atoms with E-state index in [9.17, 15) is 0 Å². The third-order valence-electron chi connectivity index (χ3n) is 3.33. The first-order chi connectivity index (χ1) is 8.91. The van der Waals surface area contributed by atoms with Crippen LogP contribution in [0.25, 0.3) is 0 Å². The van der Waals surface area contributed by atoms with Crippen LogP contribution >= 0.6 is 11.3 Å². The van der Waals surface area contributed by atoms with E-state index in [1.54, 1.807) is 11.3 Å². The van der Waals surface area contributed by atoms with Crippen LogP contribution in [0.3, 0.4) is 0 Å². The van der Waals surface area contributed by atoms with Crippen molar-refractivity contribution in [3.63, 3.8) is 0 Å². The Morgan fingerprint density at radius 2 is 1.79 bits per heavy atom. The Hall–Kier alpha value is -1.19. The lowest BCUT2D eigenvalue weighted by molar-refractivity contribution is 0.589. The van der Waals surface area contributed by atoms with E-state index in [0.717, 1.165) is 10.7 Å². The van der Waals surface area contributed by atoms with E-state index in [4.69, 9.17) is 0 Å². The quantitative estimate of drug-likeness (QED) is 0.913. The molecule has 0 spiro atoms. The van der Waals surface area contributed by atoms with Crippen molar-refractivity contribution in [2.24, 2.45) is 0 Å². The molecule has 0 bridgehead atoms. The zero-order valence-electron chi connectivity index (χ0n) is 12.3. The largest absolute Gasteiger partial charge is 0.308 e. The number of aromatic nitrogens is 1. The van der Waals surface area contributed by atoms with E-state index in [2.05, 4.69) is 60.7 Å². The summed E-state index contributed by atoms with van der Waals surface area (Å²) in [5.41, 5.74) is 3.93. The number of hydrogen-bond acceptors (Lipinski definition) is 3. The molecule has 2 rings (SSSR count). The van der Waals surface area contributed by atoms with Gasteiger partial charge < -0.3 is 5.32 Å². The van der Waals surface area contributed by atoms with Crippen LogP contribution in [-0.4, -0.2) is 12.0 Å². The van der Waals surface area contributed by atoms with Crippen LogP contribution < -0.4 is 5.32 Å². The van der Waals surface area contributed by atoms with Crippen molar-refractivity contribution in [1.82, 2.24) is 10.3 Å². The van der Waals surface area contributed by atoms with Gasteiger partial charge in [0.1, 0.15) is 0 Å². The molecule has 19 heavy (non-hydrogen) atoms. The van der Waals surface area contributed by atoms with Crippen LogP contribution in [0.4, 0.5) is 0 Å². The van der Waals surface area contributed by atoms with Gasteiger partial charge in [0.2, 0.25) is 0 Å². The zero-order valence-corrected chi connectivity index (χ0v) is 13.1. The molecule has 2 aromatic rings. The average Bonchev–Trinajstić information content (AvgIpc) is 2.76. The summed E-state index contributed by atoms with van der Waals surface area (Å²) < 4.78 is 0. The summed E-state index contributed by atoms with van der Waals surface area (Å²) in [5, 5.41) is 6.60. The topological polar surface area (TPSA) is 24.9 Å². The van der Waals surface area contributed by atoms with Gasteiger partial charge in [-0.3, -0.25) is 0 Å². The van der Waals surface area contributed by atoms with Crippen LogP contribution in [-0.2, 0) is 5.41 Å². The molecule has 0 fully saturated rings. The third kappa shape index (κ3) is 3.23. The third-order valence-corrected chi connectivity index (χ3v) is 4.12. The first-order valence-electron chi connectivity index (χ1n) is 6.61. The summed E-state index contributed by atoms with van der Waals surface area (Å²) in [7, 11) is 1.98. The maximum atomic E-state index is 4.59. The van der Waals surface area contributed by atoms with E-state index in [-0.39, 0.29) is 11.5 Å². The second-order valence-electron chi connectivity index (χ2n) is 5.89. The van der Waals surface area contributed by atoms with Gasteiger partial charge in [-0.05, 0) is 30.5 Å². The SMILES string of the molecule is CNC(c1ccc(C(C)(C)C)cc1)c1csc(C)n1. The van der Waals surface area contributed by atoms with E-state index in [1.807, 2.05) is 14.0 Å². The van der Waals surface area contributed by atoms with Crippen molar-refractivity contribution in [1.29, 1.82) is 0 Å². The predicted octanol–water partition coefficient (Wildman–Crippen LogP) is 4.06. The monoisotopic (exact) mass is 274 g/mol. The molecule has 102 valence electrons. The van der Waals surface area contributed by atoms with Gasteiger partial charge in [0, 0.05) is 5.38 Å². The van der Waals surface area contributed by atoms with Crippen molar-refractivity contribution in [2.75, 3.05) is 7.05 Å². The maximum Gasteiger partial charge on any atom is 0.0898 e. The highest BCUT2D eigenvalue weighted by atomic mass is 32.1. The van der Waals surface area contributed by atoms with E-state index in [1.165, 1.54) is 11.1 Å². The molecule has 0 amide bonds. The van der Waals surface area contributed by atoms with Gasteiger partial charge in [0.05, 0.1) is 16.7 Å². The molecule has 0 saturated carbocycles. The second kappa shape index (κ2) is 5.43. The Bertz CT molecular complexity index is 535. The number of nitrogens with one attached hydrogen (secondary N) is 1. The lowest BCUT2D eigenvalue weighted by Gasteiger charge is -2.21. The van der Waals surface area contributed by atoms with Crippen molar-refractivity contribution < 1.29 is 0 Å². The van der Waals surface area contributed by atoms with Crippen LogP contribution in [0.1, 0.15) is 48.6 Å². The summed E-state index contributed by atoms with van der Waals surface area (Å²) in [6, 6.07) is 9.03. The van der Waals surface area contributed by atoms with Gasteiger partial charge in [-0.2, -0.15) is 0 Å². The fourth-order valence-corrected chi connectivity index (χ4v) is 2.81. The molecule has 1 N–H and O–H groups in total. The number of rotatable bonds is 3. The predicted molar refractivity (Wildman–Crippen MR) is 82.9 cm³/mol. The summed E-state index contributed by atoms with van der Waals surface area (Å²) in [6.07, 6.45) is 0. The Morgan fingerprint density at radius 3 is 2.21 bits per heavy atom. The Labute approximate surface area is 119 Å². The molecule has 1 heterocycles. The lowest BCUT2D eigenvalue weighted by atomic mass is 9.86. The van der Waals surface area contributed by atoms with Crippen LogP contribution in [0, 0.1) is 6.92 Å². The zero-order chi connectivity index (χ0) is 14.0. The smallest absolute Gasteiger partial charge is 0.0898 e. The standard InChI is InChI=1S/C16H22N2S/c1-11-18-14(10-19-11)15(17-5)12-6-8-13(9-7-12)16(2,3)4/h6-10,15,17H,1-5H3. The molecule has 2 nitrogen and oxygen atoms in total. The summed E-state index contributed by atoms with van der Waals surface area (Å²) in [4.78, 5) is 4.59. The molecule has 0 aliphatic heterocycles. The highest BCUT2D eigenvalue weighted by Gasteiger charge is 2.17. The van der Waals surface area contributed by atoms with Gasteiger partial charge >= 0.3 is 0 Å². The lowest BCUT2D eigenvalue weighted by Crippen LogP contribution is -2.18. The van der Waals surface area contributed by atoms with Gasteiger partial charge in [0.15, 0.2) is 0 Å². The van der Waals surface area contributed by atoms with E-state index >= 15 is 0 Å².